The fraction of sp³-hybridized carbons (Fsp3) is 0.500. The minimum absolute atomic E-state index is 0.00557. The lowest BCUT2D eigenvalue weighted by molar-refractivity contribution is 0.134. The highest BCUT2D eigenvalue weighted by Crippen LogP contribution is 2.25. The second-order valence-electron chi connectivity index (χ2n) is 6.20. The molecule has 0 bridgehead atoms. The van der Waals surface area contributed by atoms with Crippen LogP contribution >= 0.6 is 0 Å². The van der Waals surface area contributed by atoms with Crippen LogP contribution in [0.1, 0.15) is 31.7 Å². The molecular formula is C16H22N4O3S. The summed E-state index contributed by atoms with van der Waals surface area (Å²) < 4.78 is 30.7. The van der Waals surface area contributed by atoms with Crippen LogP contribution in [0.5, 0.6) is 0 Å². The van der Waals surface area contributed by atoms with E-state index in [4.69, 9.17) is 4.52 Å². The Morgan fingerprint density at radius 1 is 1.25 bits per heavy atom. The zero-order valence-corrected chi connectivity index (χ0v) is 14.7. The van der Waals surface area contributed by atoms with Crippen LogP contribution in [0.15, 0.2) is 34.9 Å². The molecule has 0 spiro atoms. The van der Waals surface area contributed by atoms with Crippen molar-refractivity contribution in [2.75, 3.05) is 19.3 Å². The maximum atomic E-state index is 11.3. The number of aromatic nitrogens is 2. The maximum absolute atomic E-state index is 11.3. The normalized spacial score (nSPS) is 18.6. The van der Waals surface area contributed by atoms with Gasteiger partial charge in [-0.15, -0.1) is 0 Å². The summed E-state index contributed by atoms with van der Waals surface area (Å²) in [6.07, 6.45) is 2.75. The Hall–Kier alpha value is -1.77. The molecule has 0 aliphatic carbocycles. The van der Waals surface area contributed by atoms with Crippen LogP contribution in [0.4, 0.5) is 0 Å². The fourth-order valence-corrected chi connectivity index (χ4v) is 3.81. The zero-order valence-electron chi connectivity index (χ0n) is 13.8. The Labute approximate surface area is 142 Å². The van der Waals surface area contributed by atoms with Crippen molar-refractivity contribution in [2.45, 2.75) is 31.8 Å². The van der Waals surface area contributed by atoms with Crippen molar-refractivity contribution in [2.24, 2.45) is 0 Å². The molecule has 1 aliphatic rings. The number of nitrogens with one attached hydrogen (secondary N) is 1. The molecule has 2 heterocycles. The maximum Gasteiger partial charge on any atom is 0.244 e. The molecule has 8 heteroatoms. The minimum Gasteiger partial charge on any atom is -0.337 e. The number of rotatable bonds is 5. The molecule has 7 nitrogen and oxygen atoms in total. The molecule has 1 atom stereocenters. The van der Waals surface area contributed by atoms with E-state index in [2.05, 4.69) is 19.8 Å². The number of benzene rings is 1. The molecule has 0 saturated carbocycles. The van der Waals surface area contributed by atoms with Crippen molar-refractivity contribution in [3.63, 3.8) is 0 Å². The van der Waals surface area contributed by atoms with E-state index < -0.39 is 10.0 Å². The van der Waals surface area contributed by atoms with E-state index in [0.29, 0.717) is 11.7 Å². The van der Waals surface area contributed by atoms with Gasteiger partial charge < -0.3 is 4.52 Å². The third-order valence-electron chi connectivity index (χ3n) is 4.29. The van der Waals surface area contributed by atoms with Crippen LogP contribution in [-0.4, -0.2) is 48.8 Å². The van der Waals surface area contributed by atoms with E-state index in [1.165, 1.54) is 6.26 Å². The Kier molecular flexibility index (Phi) is 4.98. The average Bonchev–Trinajstić information content (AvgIpc) is 3.04. The van der Waals surface area contributed by atoms with Gasteiger partial charge in [-0.3, -0.25) is 4.90 Å². The summed E-state index contributed by atoms with van der Waals surface area (Å²) in [5.41, 5.74) is 0.927. The first-order valence-electron chi connectivity index (χ1n) is 8.03. The molecule has 0 amide bonds. The number of nitrogens with zero attached hydrogens (tertiary/aromatic N) is 3. The molecule has 1 aromatic heterocycles. The molecular weight excluding hydrogens is 328 g/mol. The van der Waals surface area contributed by atoms with Crippen molar-refractivity contribution in [1.29, 1.82) is 0 Å². The molecule has 1 fully saturated rings. The van der Waals surface area contributed by atoms with Crippen LogP contribution in [-0.2, 0) is 10.0 Å². The largest absolute Gasteiger partial charge is 0.337 e. The summed E-state index contributed by atoms with van der Waals surface area (Å²) >= 11 is 0. The standard InChI is InChI=1S/C16H22N4O3S/c1-12(20-10-8-14(9-11-20)19-24(2,21)22)16-17-15(18-23-16)13-6-4-3-5-7-13/h3-7,12,14,19H,8-11H2,1-2H3. The third-order valence-corrected chi connectivity index (χ3v) is 5.05. The van der Waals surface area contributed by atoms with Gasteiger partial charge in [0, 0.05) is 24.7 Å². The van der Waals surface area contributed by atoms with Crippen LogP contribution in [0.2, 0.25) is 0 Å². The Morgan fingerprint density at radius 2 is 1.92 bits per heavy atom. The van der Waals surface area contributed by atoms with E-state index in [1.54, 1.807) is 0 Å². The molecule has 3 rings (SSSR count). The second-order valence-corrected chi connectivity index (χ2v) is 7.98. The first-order valence-corrected chi connectivity index (χ1v) is 9.92. The Bertz CT molecular complexity index is 768. The lowest BCUT2D eigenvalue weighted by Crippen LogP contribution is -2.45. The van der Waals surface area contributed by atoms with Crippen molar-refractivity contribution in [3.05, 3.63) is 36.2 Å². The average molecular weight is 350 g/mol. The highest BCUT2D eigenvalue weighted by Gasteiger charge is 2.28. The monoisotopic (exact) mass is 350 g/mol. The molecule has 24 heavy (non-hydrogen) atoms. The highest BCUT2D eigenvalue weighted by molar-refractivity contribution is 7.88. The Morgan fingerprint density at radius 3 is 2.54 bits per heavy atom. The SMILES string of the molecule is CC(c1nc(-c2ccccc2)no1)N1CCC(NS(C)(=O)=O)CC1. The smallest absolute Gasteiger partial charge is 0.244 e. The van der Waals surface area contributed by atoms with Crippen LogP contribution in [0.25, 0.3) is 11.4 Å². The van der Waals surface area contributed by atoms with Gasteiger partial charge in [0.2, 0.25) is 21.7 Å². The molecule has 0 radical (unpaired) electrons. The van der Waals surface area contributed by atoms with Crippen LogP contribution in [0, 0.1) is 0 Å². The molecule has 1 saturated heterocycles. The molecule has 1 N–H and O–H groups in total. The summed E-state index contributed by atoms with van der Waals surface area (Å²) in [6, 6.07) is 9.73. The first kappa shape index (κ1) is 17.1. The van der Waals surface area contributed by atoms with Gasteiger partial charge in [-0.05, 0) is 19.8 Å². The van der Waals surface area contributed by atoms with Crippen LogP contribution < -0.4 is 4.72 Å². The van der Waals surface area contributed by atoms with Gasteiger partial charge in [0.15, 0.2) is 0 Å². The lowest BCUT2D eigenvalue weighted by atomic mass is 10.0. The summed E-state index contributed by atoms with van der Waals surface area (Å²) in [5.74, 6) is 1.18. The van der Waals surface area contributed by atoms with Gasteiger partial charge in [-0.25, -0.2) is 13.1 Å². The van der Waals surface area contributed by atoms with Gasteiger partial charge in [0.05, 0.1) is 12.3 Å². The second kappa shape index (κ2) is 7.00. The topological polar surface area (TPSA) is 88.3 Å². The molecule has 1 unspecified atom stereocenters. The number of sulfonamides is 1. The van der Waals surface area contributed by atoms with Crippen molar-refractivity contribution in [1.82, 2.24) is 19.8 Å². The number of piperidine rings is 1. The quantitative estimate of drug-likeness (QED) is 0.885. The van der Waals surface area contributed by atoms with Gasteiger partial charge in [0.1, 0.15) is 0 Å². The third kappa shape index (κ3) is 4.19. The van der Waals surface area contributed by atoms with Crippen LogP contribution in [0.3, 0.4) is 0 Å². The molecule has 2 aromatic rings. The van der Waals surface area contributed by atoms with E-state index in [9.17, 15) is 8.42 Å². The van der Waals surface area contributed by atoms with Gasteiger partial charge in [-0.2, -0.15) is 4.98 Å². The summed E-state index contributed by atoms with van der Waals surface area (Å²) in [7, 11) is -3.15. The number of likely N-dealkylation sites (tertiary alicyclic amines) is 1. The highest BCUT2D eigenvalue weighted by atomic mass is 32.2. The van der Waals surface area contributed by atoms with E-state index in [0.717, 1.165) is 31.5 Å². The molecule has 1 aromatic carbocycles. The van der Waals surface area contributed by atoms with E-state index in [-0.39, 0.29) is 12.1 Å². The lowest BCUT2D eigenvalue weighted by Gasteiger charge is -2.34. The summed E-state index contributed by atoms with van der Waals surface area (Å²) in [5, 5.41) is 4.06. The predicted octanol–water partition coefficient (Wildman–Crippen LogP) is 1.81. The predicted molar refractivity (Wildman–Crippen MR) is 90.7 cm³/mol. The first-order chi connectivity index (χ1) is 11.4. The van der Waals surface area contributed by atoms with Crippen molar-refractivity contribution < 1.29 is 12.9 Å². The Balaban J connectivity index is 1.62. The van der Waals surface area contributed by atoms with Crippen molar-refractivity contribution in [3.8, 4) is 11.4 Å². The summed E-state index contributed by atoms with van der Waals surface area (Å²) in [4.78, 5) is 6.74. The number of hydrogen-bond acceptors (Lipinski definition) is 6. The number of hydrogen-bond donors (Lipinski definition) is 1. The minimum atomic E-state index is -3.15. The van der Waals surface area contributed by atoms with Crippen molar-refractivity contribution >= 4 is 10.0 Å². The van der Waals surface area contributed by atoms with Gasteiger partial charge >= 0.3 is 0 Å². The zero-order chi connectivity index (χ0) is 17.2. The summed E-state index contributed by atoms with van der Waals surface area (Å²) in [6.45, 7) is 3.61. The van der Waals surface area contributed by atoms with Gasteiger partial charge in [0.25, 0.3) is 0 Å². The molecule has 130 valence electrons. The van der Waals surface area contributed by atoms with E-state index in [1.807, 2.05) is 37.3 Å². The fourth-order valence-electron chi connectivity index (χ4n) is 2.97. The molecule has 1 aliphatic heterocycles. The van der Waals surface area contributed by atoms with Gasteiger partial charge in [-0.1, -0.05) is 35.5 Å². The van der Waals surface area contributed by atoms with E-state index >= 15 is 0 Å².